The fourth-order valence-electron chi connectivity index (χ4n) is 0.860. The fourth-order valence-corrected chi connectivity index (χ4v) is 1.22. The van der Waals surface area contributed by atoms with Crippen LogP contribution in [0.2, 0.25) is 0 Å². The average Bonchev–Trinajstić information content (AvgIpc) is 2.69. The number of aliphatic hydroxyl groups excluding tert-OH is 1. The number of carboxylic acids is 1. The van der Waals surface area contributed by atoms with Crippen molar-refractivity contribution < 1.29 is 19.8 Å². The van der Waals surface area contributed by atoms with Crippen molar-refractivity contribution in [2.24, 2.45) is 0 Å². The number of anilines is 1. The van der Waals surface area contributed by atoms with Crippen LogP contribution in [0.4, 0.5) is 9.93 Å². The summed E-state index contributed by atoms with van der Waals surface area (Å²) in [5, 5.41) is 28.5. The van der Waals surface area contributed by atoms with Crippen LogP contribution in [0.1, 0.15) is 6.42 Å². The van der Waals surface area contributed by atoms with Crippen LogP contribution in [0.3, 0.4) is 0 Å². The zero-order valence-corrected chi connectivity index (χ0v) is 8.77. The number of aliphatic hydroxyl groups is 1. The highest BCUT2D eigenvalue weighted by atomic mass is 32.1. The summed E-state index contributed by atoms with van der Waals surface area (Å²) in [5.41, 5.74) is 0. The van der Waals surface area contributed by atoms with Crippen molar-refractivity contribution in [1.29, 1.82) is 0 Å². The zero-order valence-electron chi connectivity index (χ0n) is 7.95. The SMILES string of the molecule is O=C(Nc1nnns1)NC(CCO)C(=O)O. The molecule has 0 fully saturated rings. The third-order valence-electron chi connectivity index (χ3n) is 1.54. The normalized spacial score (nSPS) is 11.8. The third kappa shape index (κ3) is 3.74. The Morgan fingerprint density at radius 1 is 1.50 bits per heavy atom. The van der Waals surface area contributed by atoms with Gasteiger partial charge in [0.2, 0.25) is 5.13 Å². The first-order chi connectivity index (χ1) is 7.63. The lowest BCUT2D eigenvalue weighted by Gasteiger charge is -2.12. The largest absolute Gasteiger partial charge is 0.480 e. The maximum Gasteiger partial charge on any atom is 0.326 e. The van der Waals surface area contributed by atoms with Gasteiger partial charge in [-0.25, -0.2) is 9.59 Å². The number of nitrogens with zero attached hydrogens (tertiary/aromatic N) is 3. The summed E-state index contributed by atoms with van der Waals surface area (Å²) in [6.45, 7) is -0.336. The van der Waals surface area contributed by atoms with Crippen LogP contribution in [0, 0.1) is 0 Å². The van der Waals surface area contributed by atoms with Crippen LogP contribution < -0.4 is 10.6 Å². The van der Waals surface area contributed by atoms with Crippen molar-refractivity contribution in [3.8, 4) is 0 Å². The number of carboxylic acid groups (broad SMARTS) is 1. The lowest BCUT2D eigenvalue weighted by atomic mass is 10.2. The summed E-state index contributed by atoms with van der Waals surface area (Å²) >= 11 is 0.859. The minimum atomic E-state index is -1.22. The Kier molecular flexibility index (Phi) is 4.54. The summed E-state index contributed by atoms with van der Waals surface area (Å²) < 4.78 is 3.41. The number of hydrogen-bond donors (Lipinski definition) is 4. The average molecular weight is 247 g/mol. The van der Waals surface area contributed by atoms with Gasteiger partial charge < -0.3 is 15.5 Å². The van der Waals surface area contributed by atoms with Gasteiger partial charge in [0, 0.05) is 24.6 Å². The second kappa shape index (κ2) is 5.92. The first-order valence-corrected chi connectivity index (χ1v) is 4.97. The molecule has 0 aliphatic rings. The van der Waals surface area contributed by atoms with Gasteiger partial charge in [0.25, 0.3) is 0 Å². The summed E-state index contributed by atoms with van der Waals surface area (Å²) in [5.74, 6) is -1.22. The van der Waals surface area contributed by atoms with Gasteiger partial charge in [-0.15, -0.1) is 0 Å². The molecule has 1 unspecified atom stereocenters. The van der Waals surface area contributed by atoms with E-state index in [0.717, 1.165) is 11.5 Å². The maximum atomic E-state index is 11.2. The van der Waals surface area contributed by atoms with Crippen LogP contribution in [0.15, 0.2) is 0 Å². The van der Waals surface area contributed by atoms with E-state index in [0.29, 0.717) is 0 Å². The Bertz CT molecular complexity index is 356. The highest BCUT2D eigenvalue weighted by molar-refractivity contribution is 7.09. The van der Waals surface area contributed by atoms with Gasteiger partial charge in [-0.2, -0.15) is 0 Å². The van der Waals surface area contributed by atoms with E-state index < -0.39 is 18.0 Å². The quantitative estimate of drug-likeness (QED) is 0.517. The van der Waals surface area contributed by atoms with Gasteiger partial charge in [0.15, 0.2) is 0 Å². The van der Waals surface area contributed by atoms with E-state index in [-0.39, 0.29) is 18.2 Å². The molecule has 0 aromatic carbocycles. The number of aliphatic carboxylic acids is 1. The van der Waals surface area contributed by atoms with Crippen molar-refractivity contribution in [3.05, 3.63) is 0 Å². The number of urea groups is 1. The number of nitrogens with one attached hydrogen (secondary N) is 2. The van der Waals surface area contributed by atoms with Gasteiger partial charge in [-0.3, -0.25) is 5.32 Å². The van der Waals surface area contributed by atoms with Crippen LogP contribution in [-0.4, -0.2) is 49.7 Å². The van der Waals surface area contributed by atoms with Crippen LogP contribution in [0.25, 0.3) is 0 Å². The van der Waals surface area contributed by atoms with Gasteiger partial charge in [-0.05, 0) is 5.21 Å². The Hall–Kier alpha value is -1.81. The lowest BCUT2D eigenvalue weighted by molar-refractivity contribution is -0.139. The second-order valence-corrected chi connectivity index (χ2v) is 3.40. The van der Waals surface area contributed by atoms with E-state index >= 15 is 0 Å². The van der Waals surface area contributed by atoms with E-state index in [1.54, 1.807) is 0 Å². The number of aromatic nitrogens is 3. The number of carbonyl (C=O) groups excluding carboxylic acids is 1. The molecular weight excluding hydrogens is 238 g/mol. The smallest absolute Gasteiger partial charge is 0.326 e. The van der Waals surface area contributed by atoms with Gasteiger partial charge in [-0.1, -0.05) is 9.59 Å². The third-order valence-corrected chi connectivity index (χ3v) is 2.05. The van der Waals surface area contributed by atoms with Gasteiger partial charge in [0.1, 0.15) is 6.04 Å². The fraction of sp³-hybridized carbons (Fsp3) is 0.500. The Morgan fingerprint density at radius 2 is 2.25 bits per heavy atom. The molecule has 1 atom stereocenters. The topological polar surface area (TPSA) is 137 Å². The summed E-state index contributed by atoms with van der Waals surface area (Å²) in [7, 11) is 0. The predicted octanol–water partition coefficient (Wildman–Crippen LogP) is -1.11. The molecule has 10 heteroatoms. The van der Waals surface area contributed by atoms with E-state index in [1.807, 2.05) is 0 Å². The molecule has 4 N–H and O–H groups in total. The van der Waals surface area contributed by atoms with Crippen LogP contribution >= 0.6 is 11.5 Å². The van der Waals surface area contributed by atoms with Crippen LogP contribution in [0.5, 0.6) is 0 Å². The van der Waals surface area contributed by atoms with Crippen molar-refractivity contribution in [2.75, 3.05) is 11.9 Å². The summed E-state index contributed by atoms with van der Waals surface area (Å²) in [6.07, 6.45) is -0.0723. The molecule has 0 aliphatic carbocycles. The molecule has 16 heavy (non-hydrogen) atoms. The Balaban J connectivity index is 2.45. The van der Waals surface area contributed by atoms with Crippen molar-refractivity contribution in [3.63, 3.8) is 0 Å². The molecule has 1 heterocycles. The molecule has 0 saturated carbocycles. The predicted molar refractivity (Wildman–Crippen MR) is 53.0 cm³/mol. The molecule has 0 spiro atoms. The van der Waals surface area contributed by atoms with Crippen LogP contribution in [-0.2, 0) is 4.79 Å². The van der Waals surface area contributed by atoms with Crippen molar-refractivity contribution in [2.45, 2.75) is 12.5 Å². The number of carbonyl (C=O) groups is 2. The van der Waals surface area contributed by atoms with Crippen molar-refractivity contribution in [1.82, 2.24) is 20.1 Å². The number of hydrogen-bond acceptors (Lipinski definition) is 7. The van der Waals surface area contributed by atoms with E-state index in [2.05, 4.69) is 25.4 Å². The van der Waals surface area contributed by atoms with Crippen molar-refractivity contribution >= 4 is 28.7 Å². The van der Waals surface area contributed by atoms with E-state index in [9.17, 15) is 9.59 Å². The molecule has 1 aromatic heterocycles. The first kappa shape index (κ1) is 12.3. The molecule has 2 amide bonds. The minimum absolute atomic E-state index is 0.0723. The Labute approximate surface area is 93.6 Å². The van der Waals surface area contributed by atoms with E-state index in [4.69, 9.17) is 10.2 Å². The van der Waals surface area contributed by atoms with Gasteiger partial charge >= 0.3 is 12.0 Å². The molecule has 0 saturated heterocycles. The molecule has 0 radical (unpaired) electrons. The molecule has 1 aromatic rings. The molecule has 9 nitrogen and oxygen atoms in total. The molecule has 0 aliphatic heterocycles. The summed E-state index contributed by atoms with van der Waals surface area (Å²) in [4.78, 5) is 21.9. The van der Waals surface area contributed by atoms with Gasteiger partial charge in [0.05, 0.1) is 0 Å². The van der Waals surface area contributed by atoms with E-state index in [1.165, 1.54) is 0 Å². The molecular formula is C6H9N5O4S. The standard InChI is InChI=1S/C6H9N5O4S/c12-2-1-3(4(13)14)7-5(15)8-6-9-10-11-16-6/h3,12H,1-2H2,(H,13,14)(H2,7,8,9,11,15). The Morgan fingerprint density at radius 3 is 2.75 bits per heavy atom. The highest BCUT2D eigenvalue weighted by Gasteiger charge is 2.19. The second-order valence-electron chi connectivity index (χ2n) is 2.67. The zero-order chi connectivity index (χ0) is 12.0. The number of rotatable bonds is 5. The molecule has 0 bridgehead atoms. The molecule has 1 rings (SSSR count). The lowest BCUT2D eigenvalue weighted by Crippen LogP contribution is -2.43. The number of amides is 2. The monoisotopic (exact) mass is 247 g/mol. The highest BCUT2D eigenvalue weighted by Crippen LogP contribution is 2.04. The summed E-state index contributed by atoms with van der Waals surface area (Å²) in [6, 6.07) is -1.88. The first-order valence-electron chi connectivity index (χ1n) is 4.19. The maximum absolute atomic E-state index is 11.2. The minimum Gasteiger partial charge on any atom is -0.480 e. The molecule has 88 valence electrons.